The number of hydrogen-bond acceptors (Lipinski definition) is 4. The number of carbonyl (C=O) groups is 1. The van der Waals surface area contributed by atoms with Gasteiger partial charge in [-0.15, -0.1) is 0 Å². The van der Waals surface area contributed by atoms with Gasteiger partial charge in [0.05, 0.1) is 20.3 Å². The van der Waals surface area contributed by atoms with Crippen LogP contribution < -0.4 is 20.1 Å². The van der Waals surface area contributed by atoms with E-state index in [1.54, 1.807) is 21.3 Å². The normalized spacial score (nSPS) is 12.1. The summed E-state index contributed by atoms with van der Waals surface area (Å²) in [5.74, 6) is 1.99. The smallest absolute Gasteiger partial charge is 0.236 e. The number of rotatable bonds is 8. The zero-order valence-electron chi connectivity index (χ0n) is 13.5. The third kappa shape index (κ3) is 5.27. The van der Waals surface area contributed by atoms with Gasteiger partial charge in [-0.25, -0.2) is 0 Å². The SMILES string of the molecule is CNC(=O)C(CC(C)C)NCc1cc(OC)ccc1OC. The van der Waals surface area contributed by atoms with E-state index in [1.807, 2.05) is 18.2 Å². The van der Waals surface area contributed by atoms with Gasteiger partial charge in [0.1, 0.15) is 11.5 Å². The summed E-state index contributed by atoms with van der Waals surface area (Å²) in [5.41, 5.74) is 0.967. The van der Waals surface area contributed by atoms with Crippen LogP contribution in [0.1, 0.15) is 25.8 Å². The van der Waals surface area contributed by atoms with E-state index < -0.39 is 0 Å². The number of carbonyl (C=O) groups excluding carboxylic acids is 1. The van der Waals surface area contributed by atoms with Crippen molar-refractivity contribution in [2.75, 3.05) is 21.3 Å². The minimum atomic E-state index is -0.217. The number of benzene rings is 1. The van der Waals surface area contributed by atoms with E-state index in [4.69, 9.17) is 9.47 Å². The predicted molar refractivity (Wildman–Crippen MR) is 83.7 cm³/mol. The fourth-order valence-corrected chi connectivity index (χ4v) is 2.18. The molecule has 1 amide bonds. The molecule has 0 spiro atoms. The number of methoxy groups -OCH3 is 2. The van der Waals surface area contributed by atoms with Crippen LogP contribution in [0.4, 0.5) is 0 Å². The van der Waals surface area contributed by atoms with E-state index in [2.05, 4.69) is 24.5 Å². The molecule has 0 radical (unpaired) electrons. The van der Waals surface area contributed by atoms with E-state index in [9.17, 15) is 4.79 Å². The van der Waals surface area contributed by atoms with Crippen LogP contribution >= 0.6 is 0 Å². The Morgan fingerprint density at radius 3 is 2.48 bits per heavy atom. The van der Waals surface area contributed by atoms with Crippen molar-refractivity contribution in [1.29, 1.82) is 0 Å². The maximum absolute atomic E-state index is 11.9. The zero-order valence-corrected chi connectivity index (χ0v) is 13.5. The van der Waals surface area contributed by atoms with Gasteiger partial charge in [-0.1, -0.05) is 13.8 Å². The first-order valence-corrected chi connectivity index (χ1v) is 7.17. The van der Waals surface area contributed by atoms with Crippen molar-refractivity contribution in [2.24, 2.45) is 5.92 Å². The molecule has 5 heteroatoms. The first kappa shape index (κ1) is 17.3. The Morgan fingerprint density at radius 1 is 1.24 bits per heavy atom. The number of nitrogens with one attached hydrogen (secondary N) is 2. The number of likely N-dealkylation sites (N-methyl/N-ethyl adjacent to an activating group) is 1. The minimum absolute atomic E-state index is 0.00515. The van der Waals surface area contributed by atoms with Gasteiger partial charge in [-0.2, -0.15) is 0 Å². The van der Waals surface area contributed by atoms with Crippen LogP contribution in [0.25, 0.3) is 0 Å². The highest BCUT2D eigenvalue weighted by molar-refractivity contribution is 5.81. The lowest BCUT2D eigenvalue weighted by Gasteiger charge is -2.20. The maximum Gasteiger partial charge on any atom is 0.236 e. The number of ether oxygens (including phenoxy) is 2. The molecule has 0 heterocycles. The predicted octanol–water partition coefficient (Wildman–Crippen LogP) is 1.95. The van der Waals surface area contributed by atoms with Crippen molar-refractivity contribution in [3.8, 4) is 11.5 Å². The lowest BCUT2D eigenvalue weighted by atomic mass is 10.0. The summed E-state index contributed by atoms with van der Waals surface area (Å²) in [7, 11) is 4.92. The molecule has 0 saturated heterocycles. The molecule has 0 aromatic heterocycles. The number of hydrogen-bond donors (Lipinski definition) is 2. The molecule has 0 saturated carbocycles. The van der Waals surface area contributed by atoms with Crippen molar-refractivity contribution in [1.82, 2.24) is 10.6 Å². The van der Waals surface area contributed by atoms with Gasteiger partial charge in [0.15, 0.2) is 0 Å². The molecule has 1 aromatic carbocycles. The molecule has 21 heavy (non-hydrogen) atoms. The topological polar surface area (TPSA) is 59.6 Å². The molecule has 0 fully saturated rings. The van der Waals surface area contributed by atoms with Crippen LogP contribution in [-0.4, -0.2) is 33.2 Å². The van der Waals surface area contributed by atoms with Crippen molar-refractivity contribution < 1.29 is 14.3 Å². The molecule has 0 aliphatic carbocycles. The molecule has 0 aliphatic heterocycles. The second kappa shape index (κ2) is 8.52. The quantitative estimate of drug-likeness (QED) is 0.769. The monoisotopic (exact) mass is 294 g/mol. The average molecular weight is 294 g/mol. The second-order valence-electron chi connectivity index (χ2n) is 5.36. The Labute approximate surface area is 127 Å². The second-order valence-corrected chi connectivity index (χ2v) is 5.36. The van der Waals surface area contributed by atoms with Gasteiger partial charge in [0, 0.05) is 19.2 Å². The van der Waals surface area contributed by atoms with E-state index in [1.165, 1.54) is 0 Å². The number of amides is 1. The average Bonchev–Trinajstić information content (AvgIpc) is 2.49. The Balaban J connectivity index is 2.80. The van der Waals surface area contributed by atoms with Crippen LogP contribution in [0.5, 0.6) is 11.5 Å². The van der Waals surface area contributed by atoms with Crippen LogP contribution in [0, 0.1) is 5.92 Å². The first-order valence-electron chi connectivity index (χ1n) is 7.17. The minimum Gasteiger partial charge on any atom is -0.497 e. The third-order valence-electron chi connectivity index (χ3n) is 3.30. The van der Waals surface area contributed by atoms with Crippen molar-refractivity contribution >= 4 is 5.91 Å². The Kier molecular flexibility index (Phi) is 7.02. The van der Waals surface area contributed by atoms with E-state index in [0.29, 0.717) is 12.5 Å². The summed E-state index contributed by atoms with van der Waals surface area (Å²) in [6.45, 7) is 4.75. The molecular formula is C16H26N2O3. The summed E-state index contributed by atoms with van der Waals surface area (Å²) in [6.07, 6.45) is 0.784. The Morgan fingerprint density at radius 2 is 1.95 bits per heavy atom. The van der Waals surface area contributed by atoms with E-state index >= 15 is 0 Å². The lowest BCUT2D eigenvalue weighted by Crippen LogP contribution is -2.43. The van der Waals surface area contributed by atoms with E-state index in [-0.39, 0.29) is 11.9 Å². The van der Waals surface area contributed by atoms with Gasteiger partial charge < -0.3 is 20.1 Å². The maximum atomic E-state index is 11.9. The van der Waals surface area contributed by atoms with Crippen molar-refractivity contribution in [2.45, 2.75) is 32.9 Å². The van der Waals surface area contributed by atoms with Gasteiger partial charge in [0.25, 0.3) is 0 Å². The first-order chi connectivity index (χ1) is 10.0. The van der Waals surface area contributed by atoms with E-state index in [0.717, 1.165) is 23.5 Å². The fraction of sp³-hybridized carbons (Fsp3) is 0.562. The highest BCUT2D eigenvalue weighted by Crippen LogP contribution is 2.24. The fourth-order valence-electron chi connectivity index (χ4n) is 2.18. The summed E-state index contributed by atoms with van der Waals surface area (Å²) in [6, 6.07) is 5.42. The zero-order chi connectivity index (χ0) is 15.8. The highest BCUT2D eigenvalue weighted by Gasteiger charge is 2.18. The highest BCUT2D eigenvalue weighted by atomic mass is 16.5. The molecule has 5 nitrogen and oxygen atoms in total. The summed E-state index contributed by atoms with van der Waals surface area (Å²) in [5, 5.41) is 6.00. The van der Waals surface area contributed by atoms with Gasteiger partial charge >= 0.3 is 0 Å². The Bertz CT molecular complexity index is 461. The molecular weight excluding hydrogens is 268 g/mol. The molecule has 0 aliphatic rings. The van der Waals surface area contributed by atoms with Crippen molar-refractivity contribution in [3.63, 3.8) is 0 Å². The van der Waals surface area contributed by atoms with Crippen LogP contribution in [0.2, 0.25) is 0 Å². The Hall–Kier alpha value is -1.75. The van der Waals surface area contributed by atoms with Gasteiger partial charge in [0.2, 0.25) is 5.91 Å². The largest absolute Gasteiger partial charge is 0.497 e. The molecule has 118 valence electrons. The summed E-state index contributed by atoms with van der Waals surface area (Å²) >= 11 is 0. The van der Waals surface area contributed by atoms with Crippen LogP contribution in [-0.2, 0) is 11.3 Å². The van der Waals surface area contributed by atoms with Gasteiger partial charge in [-0.3, -0.25) is 4.79 Å². The van der Waals surface area contributed by atoms with Crippen LogP contribution in [0.3, 0.4) is 0 Å². The lowest BCUT2D eigenvalue weighted by molar-refractivity contribution is -0.123. The molecule has 1 aromatic rings. The molecule has 2 N–H and O–H groups in total. The summed E-state index contributed by atoms with van der Waals surface area (Å²) in [4.78, 5) is 11.9. The molecule has 1 atom stereocenters. The molecule has 0 bridgehead atoms. The van der Waals surface area contributed by atoms with Crippen molar-refractivity contribution in [3.05, 3.63) is 23.8 Å². The third-order valence-corrected chi connectivity index (χ3v) is 3.30. The van der Waals surface area contributed by atoms with Crippen LogP contribution in [0.15, 0.2) is 18.2 Å². The molecule has 1 rings (SSSR count). The van der Waals surface area contributed by atoms with Gasteiger partial charge in [-0.05, 0) is 30.5 Å². The standard InChI is InChI=1S/C16H26N2O3/c1-11(2)8-14(16(19)17-3)18-10-12-9-13(20-4)6-7-15(12)21-5/h6-7,9,11,14,18H,8,10H2,1-5H3,(H,17,19). The summed E-state index contributed by atoms with van der Waals surface area (Å²) < 4.78 is 10.6. The molecule has 1 unspecified atom stereocenters.